The van der Waals surface area contributed by atoms with Crippen molar-refractivity contribution in [1.29, 1.82) is 0 Å². The van der Waals surface area contributed by atoms with Crippen LogP contribution in [-0.4, -0.2) is 22.3 Å². The summed E-state index contributed by atoms with van der Waals surface area (Å²) < 4.78 is 5.37. The molecule has 0 amide bonds. The van der Waals surface area contributed by atoms with Crippen LogP contribution in [0.2, 0.25) is 5.02 Å². The number of nitrogens with zero attached hydrogens (tertiary/aromatic N) is 3. The van der Waals surface area contributed by atoms with Crippen LogP contribution in [0.15, 0.2) is 42.6 Å². The van der Waals surface area contributed by atoms with E-state index in [4.69, 9.17) is 16.3 Å². The number of rotatable bonds is 5. The van der Waals surface area contributed by atoms with Crippen LogP contribution < -0.4 is 15.4 Å². The van der Waals surface area contributed by atoms with Gasteiger partial charge < -0.3 is 15.4 Å². The van der Waals surface area contributed by atoms with Crippen molar-refractivity contribution in [2.75, 3.05) is 17.7 Å². The molecule has 0 fully saturated rings. The second kappa shape index (κ2) is 7.36. The zero-order valence-corrected chi connectivity index (χ0v) is 14.9. The van der Waals surface area contributed by atoms with Crippen molar-refractivity contribution >= 4 is 34.7 Å². The molecule has 0 saturated carbocycles. The fourth-order valence-corrected chi connectivity index (χ4v) is 2.51. The molecular formula is C18H18ClN5O. The topological polar surface area (TPSA) is 72.0 Å². The Bertz CT molecular complexity index is 900. The average molecular weight is 356 g/mol. The molecule has 2 N–H and O–H groups in total. The van der Waals surface area contributed by atoms with Gasteiger partial charge in [-0.15, -0.1) is 5.10 Å². The van der Waals surface area contributed by atoms with Gasteiger partial charge in [-0.2, -0.15) is 10.1 Å². The van der Waals surface area contributed by atoms with Gasteiger partial charge in [0.15, 0.2) is 5.82 Å². The molecule has 0 aliphatic heterocycles. The van der Waals surface area contributed by atoms with Crippen molar-refractivity contribution in [3.63, 3.8) is 0 Å². The van der Waals surface area contributed by atoms with Crippen LogP contribution in [-0.2, 0) is 0 Å². The Balaban J connectivity index is 1.85. The van der Waals surface area contributed by atoms with Crippen molar-refractivity contribution in [1.82, 2.24) is 15.2 Å². The molecular weight excluding hydrogens is 338 g/mol. The zero-order chi connectivity index (χ0) is 17.8. The molecule has 1 aromatic heterocycles. The Morgan fingerprint density at radius 1 is 1.04 bits per heavy atom. The molecule has 0 unspecified atom stereocenters. The molecule has 128 valence electrons. The molecule has 7 heteroatoms. The second-order valence-electron chi connectivity index (χ2n) is 5.53. The summed E-state index contributed by atoms with van der Waals surface area (Å²) >= 11 is 6.14. The van der Waals surface area contributed by atoms with E-state index >= 15 is 0 Å². The van der Waals surface area contributed by atoms with Crippen LogP contribution in [0.5, 0.6) is 5.75 Å². The first-order valence-corrected chi connectivity index (χ1v) is 8.08. The quantitative estimate of drug-likeness (QED) is 0.694. The fourth-order valence-electron chi connectivity index (χ4n) is 2.34. The highest BCUT2D eigenvalue weighted by atomic mass is 35.5. The molecule has 0 aliphatic carbocycles. The second-order valence-corrected chi connectivity index (χ2v) is 5.94. The number of ether oxygens (including phenoxy) is 1. The zero-order valence-electron chi connectivity index (χ0n) is 14.2. The normalized spacial score (nSPS) is 10.4. The third-order valence-corrected chi connectivity index (χ3v) is 4.10. The third kappa shape index (κ3) is 3.97. The van der Waals surface area contributed by atoms with Crippen LogP contribution in [0.4, 0.5) is 23.1 Å². The summed E-state index contributed by atoms with van der Waals surface area (Å²) in [5.74, 6) is 1.66. The van der Waals surface area contributed by atoms with E-state index in [1.165, 1.54) is 0 Å². The number of hydrogen-bond acceptors (Lipinski definition) is 6. The van der Waals surface area contributed by atoms with E-state index in [0.29, 0.717) is 16.8 Å². The number of halogens is 1. The minimum Gasteiger partial charge on any atom is -0.495 e. The van der Waals surface area contributed by atoms with Gasteiger partial charge in [0.25, 0.3) is 0 Å². The lowest BCUT2D eigenvalue weighted by Gasteiger charge is -2.12. The van der Waals surface area contributed by atoms with Gasteiger partial charge in [-0.1, -0.05) is 23.7 Å². The maximum Gasteiger partial charge on any atom is 0.249 e. The summed E-state index contributed by atoms with van der Waals surface area (Å²) in [7, 11) is 1.63. The molecule has 6 nitrogen and oxygen atoms in total. The predicted octanol–water partition coefficient (Wildman–Crippen LogP) is 4.64. The largest absolute Gasteiger partial charge is 0.495 e. The Hall–Kier alpha value is -2.86. The summed E-state index contributed by atoms with van der Waals surface area (Å²) in [5, 5.41) is 15.0. The SMILES string of the molecule is COc1ccc(C)cc1Nc1cnnc(Nc2cccc(Cl)c2C)n1. The van der Waals surface area contributed by atoms with Gasteiger partial charge >= 0.3 is 0 Å². The monoisotopic (exact) mass is 355 g/mol. The predicted molar refractivity (Wildman–Crippen MR) is 100 cm³/mol. The van der Waals surface area contributed by atoms with Gasteiger partial charge in [0.05, 0.1) is 19.0 Å². The van der Waals surface area contributed by atoms with E-state index in [9.17, 15) is 0 Å². The number of aryl methyl sites for hydroxylation is 1. The van der Waals surface area contributed by atoms with E-state index in [1.807, 2.05) is 50.2 Å². The number of anilines is 4. The lowest BCUT2D eigenvalue weighted by Crippen LogP contribution is -2.04. The summed E-state index contributed by atoms with van der Waals surface area (Å²) in [6.45, 7) is 3.94. The van der Waals surface area contributed by atoms with Crippen molar-refractivity contribution < 1.29 is 4.74 Å². The first-order chi connectivity index (χ1) is 12.1. The van der Waals surface area contributed by atoms with Crippen LogP contribution in [0.25, 0.3) is 0 Å². The van der Waals surface area contributed by atoms with Gasteiger partial charge in [0, 0.05) is 10.7 Å². The molecule has 0 aliphatic rings. The Labute approximate surface area is 151 Å². The maximum atomic E-state index is 6.14. The van der Waals surface area contributed by atoms with E-state index < -0.39 is 0 Å². The third-order valence-electron chi connectivity index (χ3n) is 3.69. The van der Waals surface area contributed by atoms with Gasteiger partial charge in [0.1, 0.15) is 5.75 Å². The van der Waals surface area contributed by atoms with E-state index in [1.54, 1.807) is 13.3 Å². The van der Waals surface area contributed by atoms with Crippen LogP contribution in [0, 0.1) is 13.8 Å². The van der Waals surface area contributed by atoms with Crippen molar-refractivity contribution in [3.05, 3.63) is 58.7 Å². The summed E-state index contributed by atoms with van der Waals surface area (Å²) in [6, 6.07) is 11.5. The lowest BCUT2D eigenvalue weighted by molar-refractivity contribution is 0.416. The summed E-state index contributed by atoms with van der Waals surface area (Å²) in [6.07, 6.45) is 1.55. The van der Waals surface area contributed by atoms with Crippen molar-refractivity contribution in [2.24, 2.45) is 0 Å². The fraction of sp³-hybridized carbons (Fsp3) is 0.167. The summed E-state index contributed by atoms with van der Waals surface area (Å²) in [5.41, 5.74) is 3.68. The van der Waals surface area contributed by atoms with E-state index in [-0.39, 0.29) is 0 Å². The highest BCUT2D eigenvalue weighted by Crippen LogP contribution is 2.28. The van der Waals surface area contributed by atoms with Gasteiger partial charge in [0.2, 0.25) is 5.95 Å². The first kappa shape index (κ1) is 17.0. The Morgan fingerprint density at radius 3 is 2.68 bits per heavy atom. The van der Waals surface area contributed by atoms with Crippen LogP contribution in [0.1, 0.15) is 11.1 Å². The molecule has 3 aromatic rings. The highest BCUT2D eigenvalue weighted by molar-refractivity contribution is 6.31. The molecule has 0 saturated heterocycles. The van der Waals surface area contributed by atoms with Gasteiger partial charge in [-0.3, -0.25) is 0 Å². The van der Waals surface area contributed by atoms with Crippen LogP contribution in [0.3, 0.4) is 0 Å². The van der Waals surface area contributed by atoms with Crippen molar-refractivity contribution in [3.8, 4) is 5.75 Å². The molecule has 0 bridgehead atoms. The highest BCUT2D eigenvalue weighted by Gasteiger charge is 2.08. The molecule has 25 heavy (non-hydrogen) atoms. The molecule has 0 radical (unpaired) electrons. The molecule has 2 aromatic carbocycles. The lowest BCUT2D eigenvalue weighted by atomic mass is 10.2. The van der Waals surface area contributed by atoms with Crippen LogP contribution >= 0.6 is 11.6 Å². The number of methoxy groups -OCH3 is 1. The maximum absolute atomic E-state index is 6.14. The minimum atomic E-state index is 0.377. The number of benzene rings is 2. The average Bonchev–Trinajstić information content (AvgIpc) is 2.60. The molecule has 3 rings (SSSR count). The minimum absolute atomic E-state index is 0.377. The van der Waals surface area contributed by atoms with Gasteiger partial charge in [-0.05, 0) is 49.2 Å². The van der Waals surface area contributed by atoms with E-state index in [2.05, 4.69) is 25.8 Å². The first-order valence-electron chi connectivity index (χ1n) is 7.70. The Kier molecular flexibility index (Phi) is 5.00. The van der Waals surface area contributed by atoms with Gasteiger partial charge in [-0.25, -0.2) is 0 Å². The number of nitrogens with one attached hydrogen (secondary N) is 2. The molecule has 0 spiro atoms. The number of aromatic nitrogens is 3. The number of hydrogen-bond donors (Lipinski definition) is 2. The smallest absolute Gasteiger partial charge is 0.249 e. The molecule has 1 heterocycles. The molecule has 0 atom stereocenters. The summed E-state index contributed by atoms with van der Waals surface area (Å²) in [4.78, 5) is 4.44. The standard InChI is InChI=1S/C18H18ClN5O/c1-11-7-8-16(25-3)15(9-11)21-17-10-20-24-18(23-17)22-14-6-4-5-13(19)12(14)2/h4-10H,1-3H3,(H2,21,22,23,24). The van der Waals surface area contributed by atoms with E-state index in [0.717, 1.165) is 28.3 Å². The Morgan fingerprint density at radius 2 is 1.88 bits per heavy atom. The van der Waals surface area contributed by atoms with Crippen molar-refractivity contribution in [2.45, 2.75) is 13.8 Å².